The van der Waals surface area contributed by atoms with Gasteiger partial charge >= 0.3 is 5.97 Å². The van der Waals surface area contributed by atoms with Crippen LogP contribution >= 0.6 is 0 Å². The number of esters is 1. The predicted molar refractivity (Wildman–Crippen MR) is 142 cm³/mol. The van der Waals surface area contributed by atoms with Gasteiger partial charge in [-0.1, -0.05) is 43.7 Å². The summed E-state index contributed by atoms with van der Waals surface area (Å²) in [5, 5.41) is 3.12. The molecule has 5 nitrogen and oxygen atoms in total. The molecular weight excluding hydrogens is 448 g/mol. The number of nitrogens with zero attached hydrogens (tertiary/aromatic N) is 2. The third-order valence-corrected chi connectivity index (χ3v) is 8.32. The van der Waals surface area contributed by atoms with Gasteiger partial charge in [0.05, 0.1) is 24.2 Å². The van der Waals surface area contributed by atoms with E-state index in [1.165, 1.54) is 12.8 Å². The second-order valence-corrected chi connectivity index (χ2v) is 10.2. The molecule has 4 aromatic rings. The second kappa shape index (κ2) is 9.55. The van der Waals surface area contributed by atoms with Crippen LogP contribution in [0.1, 0.15) is 48.2 Å². The Morgan fingerprint density at radius 1 is 1.08 bits per heavy atom. The normalized spacial score (nSPS) is 24.1. The van der Waals surface area contributed by atoms with Gasteiger partial charge in [0.2, 0.25) is 0 Å². The van der Waals surface area contributed by atoms with Gasteiger partial charge < -0.3 is 9.47 Å². The zero-order valence-corrected chi connectivity index (χ0v) is 20.9. The number of carbonyl (C=O) groups excluding carboxylic acids is 1. The van der Waals surface area contributed by atoms with Crippen molar-refractivity contribution in [3.8, 4) is 5.75 Å². The van der Waals surface area contributed by atoms with Crippen molar-refractivity contribution in [2.24, 2.45) is 11.8 Å². The van der Waals surface area contributed by atoms with Crippen LogP contribution < -0.4 is 4.74 Å². The lowest BCUT2D eigenvalue weighted by Gasteiger charge is -2.51. The predicted octanol–water partition coefficient (Wildman–Crippen LogP) is 6.42. The molecule has 3 aliphatic heterocycles. The summed E-state index contributed by atoms with van der Waals surface area (Å²) in [6.45, 7) is 4.42. The van der Waals surface area contributed by atoms with E-state index < -0.39 is 0 Å². The molecule has 3 aliphatic rings. The highest BCUT2D eigenvalue weighted by Gasteiger charge is 2.44. The average molecular weight is 481 g/mol. The van der Waals surface area contributed by atoms with Crippen LogP contribution in [-0.2, 0) is 4.74 Å². The third-order valence-electron chi connectivity index (χ3n) is 8.32. The minimum atomic E-state index is -0.387. The molecule has 0 amide bonds. The Morgan fingerprint density at radius 3 is 2.72 bits per heavy atom. The largest absolute Gasteiger partial charge is 0.497 e. The summed E-state index contributed by atoms with van der Waals surface area (Å²) in [5.41, 5.74) is 2.46. The number of hydrogen-bond acceptors (Lipinski definition) is 5. The van der Waals surface area contributed by atoms with Crippen molar-refractivity contribution in [1.29, 1.82) is 0 Å². The van der Waals surface area contributed by atoms with Gasteiger partial charge in [0.25, 0.3) is 0 Å². The number of ether oxygens (including phenoxy) is 2. The first kappa shape index (κ1) is 23.0. The molecule has 184 valence electrons. The third kappa shape index (κ3) is 4.11. The van der Waals surface area contributed by atoms with Crippen molar-refractivity contribution in [1.82, 2.24) is 9.88 Å². The highest BCUT2D eigenvalue weighted by atomic mass is 16.5. The maximum absolute atomic E-state index is 13.6. The van der Waals surface area contributed by atoms with E-state index in [-0.39, 0.29) is 18.1 Å². The highest BCUT2D eigenvalue weighted by Crippen LogP contribution is 2.44. The molecule has 2 bridgehead atoms. The Labute approximate surface area is 212 Å². The molecule has 0 N–H and O–H groups in total. The Kier molecular flexibility index (Phi) is 6.10. The van der Waals surface area contributed by atoms with E-state index in [9.17, 15) is 4.79 Å². The Hall–Kier alpha value is -3.44. The van der Waals surface area contributed by atoms with Crippen molar-refractivity contribution in [3.63, 3.8) is 0 Å². The van der Waals surface area contributed by atoms with E-state index in [1.54, 1.807) is 7.11 Å². The summed E-state index contributed by atoms with van der Waals surface area (Å²) in [6.07, 6.45) is 4.91. The second-order valence-electron chi connectivity index (χ2n) is 10.2. The minimum Gasteiger partial charge on any atom is -0.497 e. The Bertz CT molecular complexity index is 1420. The van der Waals surface area contributed by atoms with Gasteiger partial charge in [-0.15, -0.1) is 0 Å². The van der Waals surface area contributed by atoms with Gasteiger partial charge in [-0.25, -0.2) is 4.79 Å². The summed E-state index contributed by atoms with van der Waals surface area (Å²) >= 11 is 0. The first-order valence-electron chi connectivity index (χ1n) is 13.0. The first-order valence-corrected chi connectivity index (χ1v) is 13.0. The first-order chi connectivity index (χ1) is 17.6. The molecule has 0 radical (unpaired) electrons. The van der Waals surface area contributed by atoms with Gasteiger partial charge in [-0.2, -0.15) is 0 Å². The standard InChI is InChI=1S/C31H32N2O3/c1-3-20-19-33-15-13-23(20)17-29(33)30(26-12-14-32-28-11-10-25(35-2)18-27(26)28)36-31(34)24-9-8-21-6-4-5-7-22(21)16-24/h4-12,14,16,18,20,23,29-30H,3,13,15,17,19H2,1-2H3/t20-,23-,29-,30+/m0/s1. The van der Waals surface area contributed by atoms with Crippen LogP contribution in [0.5, 0.6) is 5.75 Å². The number of carbonyl (C=O) groups is 1. The molecule has 1 unspecified atom stereocenters. The van der Waals surface area contributed by atoms with Crippen LogP contribution in [0, 0.1) is 11.8 Å². The average Bonchev–Trinajstić information content (AvgIpc) is 2.95. The van der Waals surface area contributed by atoms with Crippen molar-refractivity contribution in [2.75, 3.05) is 20.2 Å². The summed E-state index contributed by atoms with van der Waals surface area (Å²) in [5.74, 6) is 1.89. The Morgan fingerprint density at radius 2 is 1.94 bits per heavy atom. The number of aromatic nitrogens is 1. The van der Waals surface area contributed by atoms with Crippen LogP contribution in [-0.4, -0.2) is 42.1 Å². The van der Waals surface area contributed by atoms with Gasteiger partial charge in [0.15, 0.2) is 0 Å². The number of methoxy groups -OCH3 is 1. The maximum Gasteiger partial charge on any atom is 0.338 e. The van der Waals surface area contributed by atoms with E-state index in [0.717, 1.165) is 58.4 Å². The monoisotopic (exact) mass is 480 g/mol. The lowest BCUT2D eigenvalue weighted by molar-refractivity contribution is -0.0659. The SMILES string of the molecule is CC[C@H]1CN2CC[C@H]1C[C@H]2[C@H](OC(=O)c1ccc2ccccc2c1)c1ccnc2ccc(OC)cc12. The van der Waals surface area contributed by atoms with Crippen LogP contribution in [0.25, 0.3) is 21.7 Å². The van der Waals surface area contributed by atoms with Gasteiger partial charge in [-0.05, 0) is 78.4 Å². The lowest BCUT2D eigenvalue weighted by atomic mass is 9.72. The van der Waals surface area contributed by atoms with Crippen molar-refractivity contribution < 1.29 is 14.3 Å². The highest BCUT2D eigenvalue weighted by molar-refractivity contribution is 5.95. The summed E-state index contributed by atoms with van der Waals surface area (Å²) in [7, 11) is 1.67. The molecule has 4 heterocycles. The van der Waals surface area contributed by atoms with E-state index in [1.807, 2.05) is 66.9 Å². The number of benzene rings is 3. The Balaban J connectivity index is 1.41. The number of piperidine rings is 3. The fourth-order valence-electron chi connectivity index (χ4n) is 6.33. The maximum atomic E-state index is 13.6. The van der Waals surface area contributed by atoms with E-state index in [2.05, 4.69) is 22.9 Å². The van der Waals surface area contributed by atoms with E-state index in [4.69, 9.17) is 9.47 Å². The number of pyridine rings is 1. The van der Waals surface area contributed by atoms with Gasteiger partial charge in [0.1, 0.15) is 11.9 Å². The minimum absolute atomic E-state index is 0.146. The van der Waals surface area contributed by atoms with E-state index >= 15 is 0 Å². The topological polar surface area (TPSA) is 51.7 Å². The zero-order valence-electron chi connectivity index (χ0n) is 20.9. The molecule has 0 aliphatic carbocycles. The molecule has 36 heavy (non-hydrogen) atoms. The summed E-state index contributed by atoms with van der Waals surface area (Å²) in [6, 6.07) is 22.0. The molecular formula is C31H32N2O3. The smallest absolute Gasteiger partial charge is 0.338 e. The molecule has 3 aromatic carbocycles. The van der Waals surface area contributed by atoms with Crippen LogP contribution in [0.3, 0.4) is 0 Å². The molecule has 5 atom stereocenters. The molecule has 3 saturated heterocycles. The number of rotatable bonds is 6. The number of fused-ring (bicyclic) bond motifs is 5. The van der Waals surface area contributed by atoms with Crippen LogP contribution in [0.2, 0.25) is 0 Å². The van der Waals surface area contributed by atoms with E-state index in [0.29, 0.717) is 11.5 Å². The van der Waals surface area contributed by atoms with Gasteiger partial charge in [0, 0.05) is 23.7 Å². The van der Waals surface area contributed by atoms with Crippen molar-refractivity contribution in [3.05, 3.63) is 84.1 Å². The van der Waals surface area contributed by atoms with Crippen molar-refractivity contribution in [2.45, 2.75) is 38.3 Å². The van der Waals surface area contributed by atoms with Crippen LogP contribution in [0.15, 0.2) is 72.9 Å². The van der Waals surface area contributed by atoms with Crippen LogP contribution in [0.4, 0.5) is 0 Å². The zero-order chi connectivity index (χ0) is 24.6. The quantitative estimate of drug-likeness (QED) is 0.298. The lowest BCUT2D eigenvalue weighted by Crippen LogP contribution is -2.55. The van der Waals surface area contributed by atoms with Crippen molar-refractivity contribution >= 4 is 27.6 Å². The molecule has 0 saturated carbocycles. The molecule has 7 rings (SSSR count). The fourth-order valence-corrected chi connectivity index (χ4v) is 6.33. The van der Waals surface area contributed by atoms with Gasteiger partial charge in [-0.3, -0.25) is 9.88 Å². The molecule has 0 spiro atoms. The molecule has 3 fully saturated rings. The summed E-state index contributed by atoms with van der Waals surface area (Å²) in [4.78, 5) is 20.8. The number of hydrogen-bond donors (Lipinski definition) is 0. The summed E-state index contributed by atoms with van der Waals surface area (Å²) < 4.78 is 12.0. The fraction of sp³-hybridized carbons (Fsp3) is 0.355. The molecule has 1 aromatic heterocycles. The molecule has 5 heteroatoms.